The Kier molecular flexibility index (Phi) is 5.58. The molecule has 0 saturated heterocycles. The summed E-state index contributed by atoms with van der Waals surface area (Å²) in [7, 11) is 3.54. The van der Waals surface area contributed by atoms with E-state index in [4.69, 9.17) is 4.74 Å². The molecule has 0 atom stereocenters. The van der Waals surface area contributed by atoms with Gasteiger partial charge in [0.15, 0.2) is 0 Å². The van der Waals surface area contributed by atoms with E-state index in [9.17, 15) is 4.79 Å². The van der Waals surface area contributed by atoms with Crippen molar-refractivity contribution in [2.24, 2.45) is 0 Å². The summed E-state index contributed by atoms with van der Waals surface area (Å²) in [4.78, 5) is 17.8. The van der Waals surface area contributed by atoms with Crippen molar-refractivity contribution in [3.63, 3.8) is 0 Å². The molecule has 1 aromatic rings. The van der Waals surface area contributed by atoms with Gasteiger partial charge in [-0.1, -0.05) is 0 Å². The van der Waals surface area contributed by atoms with Gasteiger partial charge in [0.2, 0.25) is 0 Å². The SMILES string of the molecule is CNc1cc(C(=O)N(C)CCOC(C)C)ccn1. The van der Waals surface area contributed by atoms with Gasteiger partial charge in [0.25, 0.3) is 5.91 Å². The molecule has 5 heteroatoms. The molecule has 1 N–H and O–H groups in total. The molecule has 0 unspecified atom stereocenters. The van der Waals surface area contributed by atoms with Crippen molar-refractivity contribution in [3.8, 4) is 0 Å². The van der Waals surface area contributed by atoms with Crippen LogP contribution in [-0.2, 0) is 4.74 Å². The minimum atomic E-state index is -0.0266. The average Bonchev–Trinajstić information content (AvgIpc) is 2.37. The van der Waals surface area contributed by atoms with Crippen molar-refractivity contribution in [1.29, 1.82) is 0 Å². The number of likely N-dealkylation sites (N-methyl/N-ethyl adjacent to an activating group) is 1. The van der Waals surface area contributed by atoms with Gasteiger partial charge in [-0.2, -0.15) is 0 Å². The van der Waals surface area contributed by atoms with Crippen molar-refractivity contribution >= 4 is 11.7 Å². The third kappa shape index (κ3) is 4.33. The minimum absolute atomic E-state index is 0.0266. The highest BCUT2D eigenvalue weighted by molar-refractivity contribution is 5.94. The lowest BCUT2D eigenvalue weighted by atomic mass is 10.2. The minimum Gasteiger partial charge on any atom is -0.377 e. The molecule has 0 radical (unpaired) electrons. The van der Waals surface area contributed by atoms with Gasteiger partial charge in [-0.05, 0) is 26.0 Å². The number of ether oxygens (including phenoxy) is 1. The van der Waals surface area contributed by atoms with Crippen LogP contribution in [0.4, 0.5) is 5.82 Å². The van der Waals surface area contributed by atoms with E-state index in [2.05, 4.69) is 10.3 Å². The van der Waals surface area contributed by atoms with Crippen LogP contribution in [0, 0.1) is 0 Å². The number of nitrogens with zero attached hydrogens (tertiary/aromatic N) is 2. The van der Waals surface area contributed by atoms with Gasteiger partial charge in [0.1, 0.15) is 5.82 Å². The van der Waals surface area contributed by atoms with Crippen molar-refractivity contribution in [2.45, 2.75) is 20.0 Å². The molecule has 100 valence electrons. The molecule has 0 spiro atoms. The summed E-state index contributed by atoms with van der Waals surface area (Å²) in [5.41, 5.74) is 0.626. The van der Waals surface area contributed by atoms with Crippen molar-refractivity contribution in [3.05, 3.63) is 23.9 Å². The molecule has 0 aliphatic carbocycles. The number of aromatic nitrogens is 1. The fraction of sp³-hybridized carbons (Fsp3) is 0.538. The van der Waals surface area contributed by atoms with E-state index in [1.165, 1.54) is 0 Å². The van der Waals surface area contributed by atoms with E-state index >= 15 is 0 Å². The number of hydrogen-bond acceptors (Lipinski definition) is 4. The highest BCUT2D eigenvalue weighted by atomic mass is 16.5. The van der Waals surface area contributed by atoms with Gasteiger partial charge in [-0.15, -0.1) is 0 Å². The number of rotatable bonds is 6. The largest absolute Gasteiger partial charge is 0.377 e. The first-order chi connectivity index (χ1) is 8.54. The molecular weight excluding hydrogens is 230 g/mol. The number of amides is 1. The number of pyridine rings is 1. The Labute approximate surface area is 108 Å². The first kappa shape index (κ1) is 14.4. The molecule has 0 aromatic carbocycles. The standard InChI is InChI=1S/C13H21N3O2/c1-10(2)18-8-7-16(4)13(17)11-5-6-15-12(9-11)14-3/h5-6,9-10H,7-8H2,1-4H3,(H,14,15). The molecule has 0 fully saturated rings. The van der Waals surface area contributed by atoms with Crippen LogP contribution in [0.15, 0.2) is 18.3 Å². The Hall–Kier alpha value is -1.62. The number of nitrogens with one attached hydrogen (secondary N) is 1. The van der Waals surface area contributed by atoms with Crippen LogP contribution in [0.1, 0.15) is 24.2 Å². The van der Waals surface area contributed by atoms with E-state index in [0.717, 1.165) is 0 Å². The quantitative estimate of drug-likeness (QED) is 0.834. The molecule has 1 rings (SSSR count). The summed E-state index contributed by atoms with van der Waals surface area (Å²) in [6.07, 6.45) is 1.81. The molecule has 18 heavy (non-hydrogen) atoms. The third-order valence-electron chi connectivity index (χ3n) is 2.49. The monoisotopic (exact) mass is 251 g/mol. The molecule has 5 nitrogen and oxygen atoms in total. The Balaban J connectivity index is 2.56. The highest BCUT2D eigenvalue weighted by Gasteiger charge is 2.12. The summed E-state index contributed by atoms with van der Waals surface area (Å²) >= 11 is 0. The predicted molar refractivity (Wildman–Crippen MR) is 71.8 cm³/mol. The predicted octanol–water partition coefficient (Wildman–Crippen LogP) is 1.62. The highest BCUT2D eigenvalue weighted by Crippen LogP contribution is 2.08. The van der Waals surface area contributed by atoms with Crippen LogP contribution >= 0.6 is 0 Å². The maximum absolute atomic E-state index is 12.1. The maximum Gasteiger partial charge on any atom is 0.253 e. The zero-order valence-corrected chi connectivity index (χ0v) is 11.4. The van der Waals surface area contributed by atoms with Crippen LogP contribution in [-0.4, -0.2) is 49.1 Å². The first-order valence-corrected chi connectivity index (χ1v) is 6.05. The van der Waals surface area contributed by atoms with Crippen LogP contribution < -0.4 is 5.32 Å². The third-order valence-corrected chi connectivity index (χ3v) is 2.49. The summed E-state index contributed by atoms with van der Waals surface area (Å²) in [6.45, 7) is 5.08. The smallest absolute Gasteiger partial charge is 0.253 e. The summed E-state index contributed by atoms with van der Waals surface area (Å²) in [5, 5.41) is 2.91. The van der Waals surface area contributed by atoms with Gasteiger partial charge >= 0.3 is 0 Å². The van der Waals surface area contributed by atoms with E-state index in [-0.39, 0.29) is 12.0 Å². The number of carbonyl (C=O) groups excluding carboxylic acids is 1. The van der Waals surface area contributed by atoms with Gasteiger partial charge in [-0.3, -0.25) is 4.79 Å². The van der Waals surface area contributed by atoms with E-state index in [0.29, 0.717) is 24.5 Å². The summed E-state index contributed by atoms with van der Waals surface area (Å²) in [5.74, 6) is 0.661. The summed E-state index contributed by atoms with van der Waals surface area (Å²) in [6, 6.07) is 3.45. The first-order valence-electron chi connectivity index (χ1n) is 6.05. The van der Waals surface area contributed by atoms with Crippen molar-refractivity contribution in [2.75, 3.05) is 32.6 Å². The second-order valence-corrected chi connectivity index (χ2v) is 4.33. The van der Waals surface area contributed by atoms with Gasteiger partial charge in [0, 0.05) is 32.4 Å². The van der Waals surface area contributed by atoms with Crippen molar-refractivity contribution in [1.82, 2.24) is 9.88 Å². The number of carbonyl (C=O) groups is 1. The van der Waals surface area contributed by atoms with Crippen LogP contribution in [0.25, 0.3) is 0 Å². The zero-order chi connectivity index (χ0) is 13.5. The molecule has 1 heterocycles. The van der Waals surface area contributed by atoms with Gasteiger partial charge in [-0.25, -0.2) is 4.98 Å². The maximum atomic E-state index is 12.1. The molecule has 0 aliphatic heterocycles. The second-order valence-electron chi connectivity index (χ2n) is 4.33. The number of hydrogen-bond donors (Lipinski definition) is 1. The van der Waals surface area contributed by atoms with Crippen molar-refractivity contribution < 1.29 is 9.53 Å². The van der Waals surface area contributed by atoms with E-state index in [1.54, 1.807) is 37.3 Å². The fourth-order valence-electron chi connectivity index (χ4n) is 1.45. The van der Waals surface area contributed by atoms with Gasteiger partial charge < -0.3 is 15.0 Å². The zero-order valence-electron chi connectivity index (χ0n) is 11.4. The lowest BCUT2D eigenvalue weighted by Gasteiger charge is -2.18. The fourth-order valence-corrected chi connectivity index (χ4v) is 1.45. The van der Waals surface area contributed by atoms with Crippen LogP contribution in [0.3, 0.4) is 0 Å². The van der Waals surface area contributed by atoms with Crippen LogP contribution in [0.2, 0.25) is 0 Å². The van der Waals surface area contributed by atoms with Crippen LogP contribution in [0.5, 0.6) is 0 Å². The van der Waals surface area contributed by atoms with Gasteiger partial charge in [0.05, 0.1) is 12.7 Å². The number of anilines is 1. The summed E-state index contributed by atoms with van der Waals surface area (Å²) < 4.78 is 5.42. The average molecular weight is 251 g/mol. The molecular formula is C13H21N3O2. The lowest BCUT2D eigenvalue weighted by molar-refractivity contribution is 0.0532. The Bertz CT molecular complexity index is 394. The molecule has 0 saturated carbocycles. The molecule has 1 aromatic heterocycles. The van der Waals surface area contributed by atoms with E-state index in [1.807, 2.05) is 13.8 Å². The lowest BCUT2D eigenvalue weighted by Crippen LogP contribution is -2.30. The molecule has 0 aliphatic rings. The van der Waals surface area contributed by atoms with E-state index < -0.39 is 0 Å². The second kappa shape index (κ2) is 6.96. The topological polar surface area (TPSA) is 54.5 Å². The Morgan fingerprint density at radius 3 is 2.89 bits per heavy atom. The normalized spacial score (nSPS) is 10.5. The molecule has 0 bridgehead atoms. The Morgan fingerprint density at radius 2 is 2.28 bits per heavy atom. The Morgan fingerprint density at radius 1 is 1.56 bits per heavy atom. The molecule has 1 amide bonds.